The molecule has 0 aliphatic rings. The molecule has 0 fully saturated rings. The number of halogens is 1. The average Bonchev–Trinajstić information content (AvgIpc) is 2.81. The van der Waals surface area contributed by atoms with Gasteiger partial charge < -0.3 is 10.1 Å². The molecule has 33 heavy (non-hydrogen) atoms. The molecule has 4 rings (SSSR count). The van der Waals surface area contributed by atoms with E-state index in [2.05, 4.69) is 10.0 Å². The summed E-state index contributed by atoms with van der Waals surface area (Å²) in [4.78, 5) is 12.6. The van der Waals surface area contributed by atoms with Gasteiger partial charge in [0.2, 0.25) is 5.91 Å². The fourth-order valence-corrected chi connectivity index (χ4v) is 5.07. The minimum atomic E-state index is -3.98. The van der Waals surface area contributed by atoms with Crippen molar-refractivity contribution in [2.24, 2.45) is 0 Å². The maximum Gasteiger partial charge on any atom is 0.263 e. The number of methoxy groups -OCH3 is 1. The topological polar surface area (TPSA) is 84.5 Å². The Hall–Kier alpha value is -3.55. The summed E-state index contributed by atoms with van der Waals surface area (Å²) in [6.45, 7) is 0. The Labute approximate surface area is 197 Å². The number of anilines is 2. The molecule has 0 aliphatic heterocycles. The second-order valence-electron chi connectivity index (χ2n) is 7.34. The zero-order chi connectivity index (χ0) is 23.4. The van der Waals surface area contributed by atoms with Crippen molar-refractivity contribution in [3.05, 3.63) is 95.5 Å². The summed E-state index contributed by atoms with van der Waals surface area (Å²) in [6.07, 6.45) is 0.149. The quantitative estimate of drug-likeness (QED) is 0.366. The van der Waals surface area contributed by atoms with Gasteiger partial charge in [-0.3, -0.25) is 9.52 Å². The van der Waals surface area contributed by atoms with E-state index in [0.717, 1.165) is 16.3 Å². The van der Waals surface area contributed by atoms with Crippen molar-refractivity contribution in [1.29, 1.82) is 0 Å². The van der Waals surface area contributed by atoms with E-state index in [4.69, 9.17) is 16.3 Å². The maximum atomic E-state index is 12.9. The predicted octanol–water partition coefficient (Wildman–Crippen LogP) is 5.48. The summed E-state index contributed by atoms with van der Waals surface area (Å²) < 4.78 is 33.4. The SMILES string of the molecule is COc1ccc(NS(=O)(=O)c2cc(NC(=O)Cc3cccc4ccccc34)ccc2Cl)cc1. The normalized spacial score (nSPS) is 11.2. The highest BCUT2D eigenvalue weighted by atomic mass is 35.5. The number of fused-ring (bicyclic) bond motifs is 1. The third-order valence-electron chi connectivity index (χ3n) is 5.08. The van der Waals surface area contributed by atoms with E-state index >= 15 is 0 Å². The highest BCUT2D eigenvalue weighted by molar-refractivity contribution is 7.92. The third-order valence-corrected chi connectivity index (χ3v) is 6.94. The first-order chi connectivity index (χ1) is 15.9. The molecule has 0 saturated carbocycles. The summed E-state index contributed by atoms with van der Waals surface area (Å²) in [7, 11) is -2.46. The first-order valence-electron chi connectivity index (χ1n) is 10.1. The molecule has 0 spiro atoms. The summed E-state index contributed by atoms with van der Waals surface area (Å²) in [5.74, 6) is 0.340. The zero-order valence-electron chi connectivity index (χ0n) is 17.7. The number of amides is 1. The van der Waals surface area contributed by atoms with Crippen molar-refractivity contribution in [3.8, 4) is 5.75 Å². The number of ether oxygens (including phenoxy) is 1. The number of benzene rings is 4. The molecule has 2 N–H and O–H groups in total. The smallest absolute Gasteiger partial charge is 0.263 e. The van der Waals surface area contributed by atoms with E-state index in [0.29, 0.717) is 17.1 Å². The fraction of sp³-hybridized carbons (Fsp3) is 0.0800. The Kier molecular flexibility index (Phi) is 6.53. The lowest BCUT2D eigenvalue weighted by Crippen LogP contribution is -2.17. The lowest BCUT2D eigenvalue weighted by atomic mass is 10.0. The van der Waals surface area contributed by atoms with Gasteiger partial charge in [-0.05, 0) is 58.8 Å². The van der Waals surface area contributed by atoms with E-state index in [1.54, 1.807) is 30.3 Å². The molecule has 0 heterocycles. The Morgan fingerprint density at radius 3 is 2.36 bits per heavy atom. The van der Waals surface area contributed by atoms with E-state index in [-0.39, 0.29) is 22.2 Å². The van der Waals surface area contributed by atoms with Gasteiger partial charge in [0, 0.05) is 11.4 Å². The monoisotopic (exact) mass is 480 g/mol. The standard InChI is InChI=1S/C25H21ClN2O4S/c1-32-21-12-9-19(10-13-21)28-33(30,31)24-16-20(11-14-23(24)26)27-25(29)15-18-7-4-6-17-5-2-3-8-22(17)18/h2-14,16,28H,15H2,1H3,(H,27,29). The third kappa shape index (κ3) is 5.27. The van der Waals surface area contributed by atoms with Crippen molar-refractivity contribution in [2.75, 3.05) is 17.1 Å². The van der Waals surface area contributed by atoms with Crippen molar-refractivity contribution in [2.45, 2.75) is 11.3 Å². The van der Waals surface area contributed by atoms with Crippen LogP contribution in [0, 0.1) is 0 Å². The second-order valence-corrected chi connectivity index (χ2v) is 9.40. The number of rotatable bonds is 7. The van der Waals surface area contributed by atoms with Gasteiger partial charge >= 0.3 is 0 Å². The maximum absolute atomic E-state index is 12.9. The fourth-order valence-electron chi connectivity index (χ4n) is 3.48. The predicted molar refractivity (Wildman–Crippen MR) is 132 cm³/mol. The molecule has 4 aromatic rings. The van der Waals surface area contributed by atoms with Gasteiger partial charge in [-0.2, -0.15) is 0 Å². The van der Waals surface area contributed by atoms with Crippen LogP contribution in [0.15, 0.2) is 89.8 Å². The highest BCUT2D eigenvalue weighted by Gasteiger charge is 2.19. The molecule has 0 atom stereocenters. The molecule has 0 saturated heterocycles. The van der Waals surface area contributed by atoms with Gasteiger partial charge in [0.15, 0.2) is 0 Å². The van der Waals surface area contributed by atoms with Gasteiger partial charge in [-0.1, -0.05) is 54.1 Å². The number of hydrogen-bond acceptors (Lipinski definition) is 4. The van der Waals surface area contributed by atoms with Crippen LogP contribution in [0.2, 0.25) is 5.02 Å². The number of carbonyl (C=O) groups is 1. The molecule has 0 aromatic heterocycles. The Bertz CT molecular complexity index is 1420. The molecule has 0 radical (unpaired) electrons. The van der Waals surface area contributed by atoms with Gasteiger partial charge in [0.25, 0.3) is 10.0 Å². The molecule has 0 bridgehead atoms. The molecule has 1 amide bonds. The minimum absolute atomic E-state index is 0.0445. The Morgan fingerprint density at radius 2 is 1.61 bits per heavy atom. The molecule has 6 nitrogen and oxygen atoms in total. The molecule has 0 aliphatic carbocycles. The van der Waals surface area contributed by atoms with E-state index in [1.165, 1.54) is 19.2 Å². The van der Waals surface area contributed by atoms with Crippen molar-refractivity contribution < 1.29 is 17.9 Å². The number of sulfonamides is 1. The van der Waals surface area contributed by atoms with Crippen LogP contribution in [0.25, 0.3) is 10.8 Å². The van der Waals surface area contributed by atoms with Gasteiger partial charge in [0.1, 0.15) is 10.6 Å². The summed E-state index contributed by atoms with van der Waals surface area (Å²) in [6, 6.07) is 24.4. The first-order valence-corrected chi connectivity index (χ1v) is 11.9. The first kappa shape index (κ1) is 22.6. The second kappa shape index (κ2) is 9.52. The van der Waals surface area contributed by atoms with Crippen LogP contribution in [0.4, 0.5) is 11.4 Å². The number of carbonyl (C=O) groups excluding carboxylic acids is 1. The largest absolute Gasteiger partial charge is 0.497 e. The molecule has 8 heteroatoms. The summed E-state index contributed by atoms with van der Waals surface area (Å²) >= 11 is 6.17. The van der Waals surface area contributed by atoms with E-state index in [1.807, 2.05) is 42.5 Å². The number of hydrogen-bond donors (Lipinski definition) is 2. The van der Waals surface area contributed by atoms with Crippen LogP contribution in [-0.4, -0.2) is 21.4 Å². The molecule has 4 aromatic carbocycles. The average molecular weight is 481 g/mol. The van der Waals surface area contributed by atoms with Crippen molar-refractivity contribution in [3.63, 3.8) is 0 Å². The molecular weight excluding hydrogens is 460 g/mol. The van der Waals surface area contributed by atoms with Crippen LogP contribution >= 0.6 is 11.6 Å². The van der Waals surface area contributed by atoms with Crippen LogP contribution in [0.3, 0.4) is 0 Å². The summed E-state index contributed by atoms with van der Waals surface area (Å²) in [5.41, 5.74) is 1.57. The van der Waals surface area contributed by atoms with E-state index < -0.39 is 10.0 Å². The van der Waals surface area contributed by atoms with Gasteiger partial charge in [-0.15, -0.1) is 0 Å². The lowest BCUT2D eigenvalue weighted by molar-refractivity contribution is -0.115. The van der Waals surface area contributed by atoms with Crippen LogP contribution in [-0.2, 0) is 21.2 Å². The van der Waals surface area contributed by atoms with Crippen LogP contribution in [0.1, 0.15) is 5.56 Å². The minimum Gasteiger partial charge on any atom is -0.497 e. The molecular formula is C25H21ClN2O4S. The molecule has 168 valence electrons. The highest BCUT2D eigenvalue weighted by Crippen LogP contribution is 2.28. The zero-order valence-corrected chi connectivity index (χ0v) is 19.3. The van der Waals surface area contributed by atoms with Crippen LogP contribution < -0.4 is 14.8 Å². The van der Waals surface area contributed by atoms with Crippen molar-refractivity contribution >= 4 is 49.7 Å². The molecule has 0 unspecified atom stereocenters. The van der Waals surface area contributed by atoms with Crippen LogP contribution in [0.5, 0.6) is 5.75 Å². The van der Waals surface area contributed by atoms with Gasteiger partial charge in [-0.25, -0.2) is 8.42 Å². The Balaban J connectivity index is 1.53. The number of nitrogens with one attached hydrogen (secondary N) is 2. The van der Waals surface area contributed by atoms with Crippen molar-refractivity contribution in [1.82, 2.24) is 0 Å². The Morgan fingerprint density at radius 1 is 0.909 bits per heavy atom. The van der Waals surface area contributed by atoms with E-state index in [9.17, 15) is 13.2 Å². The lowest BCUT2D eigenvalue weighted by Gasteiger charge is -2.13. The summed E-state index contributed by atoms with van der Waals surface area (Å²) in [5, 5.41) is 4.86. The van der Waals surface area contributed by atoms with Gasteiger partial charge in [0.05, 0.1) is 18.6 Å².